The number of rotatable bonds is 4. The monoisotopic (exact) mass is 333 g/mol. The maximum Gasteiger partial charge on any atom is 0.260 e. The van der Waals surface area contributed by atoms with Gasteiger partial charge >= 0.3 is 0 Å². The molecule has 2 N–H and O–H groups in total. The molecule has 0 bridgehead atoms. The molecule has 0 unspecified atom stereocenters. The number of amides is 2. The molecular formula is C16H16ClN3O3. The lowest BCUT2D eigenvalue weighted by Crippen LogP contribution is -2.34. The molecule has 23 heavy (non-hydrogen) atoms. The van der Waals surface area contributed by atoms with E-state index in [1.54, 1.807) is 29.3 Å². The Morgan fingerprint density at radius 1 is 1.39 bits per heavy atom. The van der Waals surface area contributed by atoms with Gasteiger partial charge in [0.2, 0.25) is 5.91 Å². The van der Waals surface area contributed by atoms with Gasteiger partial charge in [0.15, 0.2) is 6.61 Å². The SMILES string of the molecule is NC(=O)[C@@H]1CCN(C(=O)COc2ccc(Cl)c3cccnc23)C1. The van der Waals surface area contributed by atoms with Gasteiger partial charge in [0.05, 0.1) is 10.9 Å². The highest BCUT2D eigenvalue weighted by Crippen LogP contribution is 2.29. The summed E-state index contributed by atoms with van der Waals surface area (Å²) in [6.07, 6.45) is 2.25. The first-order chi connectivity index (χ1) is 11.1. The van der Waals surface area contributed by atoms with Gasteiger partial charge in [0.25, 0.3) is 5.91 Å². The quantitative estimate of drug-likeness (QED) is 0.921. The van der Waals surface area contributed by atoms with Crippen molar-refractivity contribution in [2.24, 2.45) is 11.7 Å². The van der Waals surface area contributed by atoms with Crippen LogP contribution in [0.5, 0.6) is 5.75 Å². The van der Waals surface area contributed by atoms with E-state index < -0.39 is 0 Å². The van der Waals surface area contributed by atoms with E-state index in [0.29, 0.717) is 35.8 Å². The van der Waals surface area contributed by atoms with E-state index in [1.807, 2.05) is 6.07 Å². The Morgan fingerprint density at radius 3 is 2.96 bits per heavy atom. The molecule has 6 nitrogen and oxygen atoms in total. The smallest absolute Gasteiger partial charge is 0.260 e. The van der Waals surface area contributed by atoms with Crippen molar-refractivity contribution in [3.63, 3.8) is 0 Å². The molecule has 3 rings (SSSR count). The molecular weight excluding hydrogens is 318 g/mol. The number of pyridine rings is 1. The number of hydrogen-bond donors (Lipinski definition) is 1. The number of primary amides is 1. The average molecular weight is 334 g/mol. The number of carbonyl (C=O) groups is 2. The zero-order chi connectivity index (χ0) is 16.4. The van der Waals surface area contributed by atoms with E-state index in [0.717, 1.165) is 5.39 Å². The van der Waals surface area contributed by atoms with Crippen LogP contribution in [0.1, 0.15) is 6.42 Å². The summed E-state index contributed by atoms with van der Waals surface area (Å²) in [5.74, 6) is -0.303. The summed E-state index contributed by atoms with van der Waals surface area (Å²) in [7, 11) is 0. The fourth-order valence-corrected chi connectivity index (χ4v) is 2.89. The van der Waals surface area contributed by atoms with E-state index in [-0.39, 0.29) is 24.3 Å². The summed E-state index contributed by atoms with van der Waals surface area (Å²) >= 11 is 6.13. The minimum atomic E-state index is -0.367. The summed E-state index contributed by atoms with van der Waals surface area (Å²) in [6.45, 7) is 0.769. The zero-order valence-electron chi connectivity index (χ0n) is 12.4. The number of ether oxygens (including phenoxy) is 1. The maximum atomic E-state index is 12.2. The van der Waals surface area contributed by atoms with E-state index in [9.17, 15) is 9.59 Å². The summed E-state index contributed by atoms with van der Waals surface area (Å²) in [6, 6.07) is 7.04. The Labute approximate surface area is 138 Å². The second-order valence-electron chi connectivity index (χ2n) is 5.46. The lowest BCUT2D eigenvalue weighted by Gasteiger charge is -2.16. The van der Waals surface area contributed by atoms with Crippen molar-refractivity contribution in [2.45, 2.75) is 6.42 Å². The number of benzene rings is 1. The van der Waals surface area contributed by atoms with Crippen LogP contribution in [0.3, 0.4) is 0 Å². The third-order valence-electron chi connectivity index (χ3n) is 3.97. The van der Waals surface area contributed by atoms with Crippen molar-refractivity contribution in [2.75, 3.05) is 19.7 Å². The van der Waals surface area contributed by atoms with Gasteiger partial charge in [-0.3, -0.25) is 14.6 Å². The normalized spacial score (nSPS) is 17.4. The van der Waals surface area contributed by atoms with Crippen LogP contribution in [0.25, 0.3) is 10.9 Å². The zero-order valence-corrected chi connectivity index (χ0v) is 13.1. The second-order valence-corrected chi connectivity index (χ2v) is 5.87. The number of halogens is 1. The molecule has 1 saturated heterocycles. The summed E-state index contributed by atoms with van der Waals surface area (Å²) < 4.78 is 5.62. The molecule has 1 aromatic carbocycles. The molecule has 120 valence electrons. The van der Waals surface area contributed by atoms with Crippen LogP contribution in [0.15, 0.2) is 30.5 Å². The van der Waals surface area contributed by atoms with Crippen molar-refractivity contribution in [3.05, 3.63) is 35.5 Å². The van der Waals surface area contributed by atoms with Gasteiger partial charge in [-0.15, -0.1) is 0 Å². The Hall–Kier alpha value is -2.34. The van der Waals surface area contributed by atoms with Crippen LogP contribution >= 0.6 is 11.6 Å². The average Bonchev–Trinajstić information content (AvgIpc) is 3.05. The number of fused-ring (bicyclic) bond motifs is 1. The van der Waals surface area contributed by atoms with E-state index in [1.165, 1.54) is 0 Å². The van der Waals surface area contributed by atoms with Crippen molar-refractivity contribution in [1.29, 1.82) is 0 Å². The van der Waals surface area contributed by atoms with E-state index >= 15 is 0 Å². The molecule has 0 spiro atoms. The number of nitrogens with zero attached hydrogens (tertiary/aromatic N) is 2. The van der Waals surface area contributed by atoms with Crippen LogP contribution in [-0.4, -0.2) is 41.4 Å². The predicted molar refractivity (Wildman–Crippen MR) is 86.1 cm³/mol. The van der Waals surface area contributed by atoms with Gasteiger partial charge in [-0.25, -0.2) is 0 Å². The molecule has 2 heterocycles. The molecule has 1 aliphatic rings. The first-order valence-electron chi connectivity index (χ1n) is 7.29. The standard InChI is InChI=1S/C16H16ClN3O3/c17-12-3-4-13(15-11(12)2-1-6-19-15)23-9-14(21)20-7-5-10(8-20)16(18)22/h1-4,6,10H,5,7-9H2,(H2,18,22)/t10-/m1/s1. The molecule has 1 aliphatic heterocycles. The minimum absolute atomic E-state index is 0.112. The van der Waals surface area contributed by atoms with Crippen LogP contribution < -0.4 is 10.5 Å². The Balaban J connectivity index is 1.68. The fraction of sp³-hybridized carbons (Fsp3) is 0.312. The molecule has 7 heteroatoms. The van der Waals surface area contributed by atoms with Crippen LogP contribution in [0.2, 0.25) is 5.02 Å². The van der Waals surface area contributed by atoms with Gasteiger partial charge in [-0.2, -0.15) is 0 Å². The summed E-state index contributed by atoms with van der Waals surface area (Å²) in [4.78, 5) is 29.2. The first-order valence-corrected chi connectivity index (χ1v) is 7.67. The van der Waals surface area contributed by atoms with Gasteiger partial charge < -0.3 is 15.4 Å². The Kier molecular flexibility index (Phi) is 4.34. The third kappa shape index (κ3) is 3.22. The second kappa shape index (κ2) is 6.42. The number of hydrogen-bond acceptors (Lipinski definition) is 4. The predicted octanol–water partition coefficient (Wildman–Crippen LogP) is 1.60. The number of aromatic nitrogens is 1. The lowest BCUT2D eigenvalue weighted by atomic mass is 10.1. The van der Waals surface area contributed by atoms with Crippen molar-refractivity contribution >= 4 is 34.3 Å². The van der Waals surface area contributed by atoms with Crippen LogP contribution in [0, 0.1) is 5.92 Å². The van der Waals surface area contributed by atoms with Crippen molar-refractivity contribution in [1.82, 2.24) is 9.88 Å². The summed E-state index contributed by atoms with van der Waals surface area (Å²) in [5.41, 5.74) is 5.89. The molecule has 1 atom stereocenters. The number of carbonyl (C=O) groups excluding carboxylic acids is 2. The Morgan fingerprint density at radius 2 is 2.22 bits per heavy atom. The molecule has 0 aliphatic carbocycles. The van der Waals surface area contributed by atoms with Gasteiger partial charge in [-0.1, -0.05) is 11.6 Å². The van der Waals surface area contributed by atoms with Crippen molar-refractivity contribution in [3.8, 4) is 5.75 Å². The number of nitrogens with two attached hydrogens (primary N) is 1. The highest BCUT2D eigenvalue weighted by atomic mass is 35.5. The Bertz CT molecular complexity index is 765. The van der Waals surface area contributed by atoms with Gasteiger partial charge in [-0.05, 0) is 30.7 Å². The fourth-order valence-electron chi connectivity index (χ4n) is 2.68. The van der Waals surface area contributed by atoms with Crippen molar-refractivity contribution < 1.29 is 14.3 Å². The van der Waals surface area contributed by atoms with E-state index in [4.69, 9.17) is 22.1 Å². The first kappa shape index (κ1) is 15.6. The van der Waals surface area contributed by atoms with Gasteiger partial charge in [0.1, 0.15) is 11.3 Å². The van der Waals surface area contributed by atoms with Gasteiger partial charge in [0, 0.05) is 24.7 Å². The largest absolute Gasteiger partial charge is 0.481 e. The highest BCUT2D eigenvalue weighted by molar-refractivity contribution is 6.35. The molecule has 0 saturated carbocycles. The van der Waals surface area contributed by atoms with Crippen LogP contribution in [-0.2, 0) is 9.59 Å². The molecule has 1 fully saturated rings. The molecule has 1 aromatic heterocycles. The molecule has 2 aromatic rings. The maximum absolute atomic E-state index is 12.2. The minimum Gasteiger partial charge on any atom is -0.481 e. The number of likely N-dealkylation sites (tertiary alicyclic amines) is 1. The van der Waals surface area contributed by atoms with E-state index in [2.05, 4.69) is 4.98 Å². The molecule has 2 amide bonds. The third-order valence-corrected chi connectivity index (χ3v) is 4.30. The topological polar surface area (TPSA) is 85.5 Å². The summed E-state index contributed by atoms with van der Waals surface area (Å²) in [5, 5.41) is 1.35. The lowest BCUT2D eigenvalue weighted by molar-refractivity contribution is -0.132. The highest BCUT2D eigenvalue weighted by Gasteiger charge is 2.29. The molecule has 0 radical (unpaired) electrons. The van der Waals surface area contributed by atoms with Crippen LogP contribution in [0.4, 0.5) is 0 Å².